The topological polar surface area (TPSA) is 212 Å². The zero-order valence-electron chi connectivity index (χ0n) is 28.5. The van der Waals surface area contributed by atoms with Gasteiger partial charge in [-0.05, 0) is 99.2 Å². The van der Waals surface area contributed by atoms with Crippen molar-refractivity contribution in [3.63, 3.8) is 0 Å². The third kappa shape index (κ3) is 8.33. The fourth-order valence-electron chi connectivity index (χ4n) is 7.00. The number of aliphatic imine (C=N–C) groups is 1. The lowest BCUT2D eigenvalue weighted by Gasteiger charge is -2.30. The summed E-state index contributed by atoms with van der Waals surface area (Å²) >= 11 is 6.66. The number of aliphatic hydroxyl groups is 1. The van der Waals surface area contributed by atoms with Gasteiger partial charge in [-0.2, -0.15) is 8.42 Å². The lowest BCUT2D eigenvalue weighted by Crippen LogP contribution is -2.31. The number of nitrogens with zero attached hydrogens (tertiary/aromatic N) is 1. The van der Waals surface area contributed by atoms with Crippen molar-refractivity contribution >= 4 is 68.3 Å². The number of carbonyl (C=O) groups is 2. The number of nitrogens with one attached hydrogen (secondary N) is 1. The van der Waals surface area contributed by atoms with E-state index in [2.05, 4.69) is 14.7 Å². The molecule has 2 aromatic carbocycles. The molecule has 0 saturated heterocycles. The second kappa shape index (κ2) is 16.0. The van der Waals surface area contributed by atoms with Crippen molar-refractivity contribution in [3.8, 4) is 0 Å². The molecule has 2 heterocycles. The Morgan fingerprint density at radius 2 is 1.58 bits per heavy atom. The first-order chi connectivity index (χ1) is 24.6. The summed E-state index contributed by atoms with van der Waals surface area (Å²) in [5.41, 5.74) is 3.62. The number of allylic oxidation sites excluding steroid dienone is 5. The summed E-state index contributed by atoms with van der Waals surface area (Å²) in [6.07, 6.45) is 8.47. The second-order valence-electron chi connectivity index (χ2n) is 13.5. The summed E-state index contributed by atoms with van der Waals surface area (Å²) in [4.78, 5) is 27.8. The number of hydrogen-bond acceptors (Lipinski definition) is 12. The number of benzene rings is 2. The van der Waals surface area contributed by atoms with Crippen molar-refractivity contribution in [3.05, 3.63) is 82.3 Å². The van der Waals surface area contributed by atoms with Crippen LogP contribution in [0.5, 0.6) is 0 Å². The van der Waals surface area contributed by atoms with Gasteiger partial charge in [0.25, 0.3) is 10.1 Å². The predicted octanol–water partition coefficient (Wildman–Crippen LogP) is 8.16. The Labute approximate surface area is 311 Å². The summed E-state index contributed by atoms with van der Waals surface area (Å²) in [7, 11) is -4.48. The van der Waals surface area contributed by atoms with Gasteiger partial charge in [-0.15, -0.1) is 4.33 Å². The molecule has 2 atom stereocenters. The van der Waals surface area contributed by atoms with Gasteiger partial charge in [0.05, 0.1) is 33.2 Å². The van der Waals surface area contributed by atoms with E-state index < -0.39 is 32.9 Å². The van der Waals surface area contributed by atoms with E-state index in [0.717, 1.165) is 17.6 Å². The van der Waals surface area contributed by atoms with Crippen LogP contribution < -0.4 is 5.32 Å². The first kappa shape index (κ1) is 39.3. The molecule has 0 fully saturated rings. The zero-order chi connectivity index (χ0) is 37.8. The fourth-order valence-corrected chi connectivity index (χ4v) is 8.22. The quantitative estimate of drug-likeness (QED) is 0.0161. The highest BCUT2D eigenvalue weighted by atomic mass is 32.2. The molecular weight excluding hydrogens is 733 g/mol. The van der Waals surface area contributed by atoms with Crippen LogP contribution in [0.25, 0.3) is 0 Å². The van der Waals surface area contributed by atoms with E-state index in [0.29, 0.717) is 101 Å². The SMILES string of the molecule is CC1(CCCCCC(=O)O)C(C=C2C(=S)C(C=C3Nc4ccc(S(=O)(=O)O)cc4C3(C)CCCCCC(=O)O)=C2O)=Nc2ccc(SOOO)cc21. The van der Waals surface area contributed by atoms with Crippen molar-refractivity contribution < 1.29 is 52.5 Å². The molecule has 2 unspecified atom stereocenters. The summed E-state index contributed by atoms with van der Waals surface area (Å²) in [5.74, 6) is -1.76. The number of hydrogen-bond donors (Lipinski definition) is 6. The lowest BCUT2D eigenvalue weighted by atomic mass is 9.73. The number of aliphatic carboxylic acids is 2. The van der Waals surface area contributed by atoms with Crippen LogP contribution in [0.15, 0.2) is 85.9 Å². The van der Waals surface area contributed by atoms with Crippen LogP contribution in [0.1, 0.15) is 89.2 Å². The molecule has 2 aliphatic heterocycles. The standard InChI is InChI=1S/C36H40N2O11S3/c1-35(15-7-3-5-9-31(39)40)25-17-21(51-49-48-44)11-13-27(25)37-29(35)19-23-33(43)24(34(23)50)20-30-36(2,16-8-4-6-10-32(41)42)26-18-22(52(45,46)47)12-14-28(26)38-30/h11-14,17-20,38,43-44H,3-10,15-16H2,1-2H3,(H,39,40)(H,41,42)(H,45,46,47). The van der Waals surface area contributed by atoms with Crippen molar-refractivity contribution in [2.45, 2.75) is 98.7 Å². The van der Waals surface area contributed by atoms with Crippen LogP contribution in [-0.2, 0) is 39.9 Å². The Morgan fingerprint density at radius 3 is 2.17 bits per heavy atom. The molecule has 1 aliphatic carbocycles. The summed E-state index contributed by atoms with van der Waals surface area (Å²) in [5, 5.41) is 45.3. The van der Waals surface area contributed by atoms with Gasteiger partial charge >= 0.3 is 11.9 Å². The molecule has 0 spiro atoms. The van der Waals surface area contributed by atoms with Gasteiger partial charge < -0.3 is 20.6 Å². The van der Waals surface area contributed by atoms with Gasteiger partial charge in [0.2, 0.25) is 0 Å². The maximum Gasteiger partial charge on any atom is 0.303 e. The molecule has 13 nitrogen and oxygen atoms in total. The number of unbranched alkanes of at least 4 members (excludes halogenated alkanes) is 4. The van der Waals surface area contributed by atoms with Gasteiger partial charge in [0, 0.05) is 51.1 Å². The Morgan fingerprint density at radius 1 is 0.923 bits per heavy atom. The first-order valence-electron chi connectivity index (χ1n) is 16.7. The number of carboxylic acid groups (broad SMARTS) is 2. The summed E-state index contributed by atoms with van der Waals surface area (Å²) < 4.78 is 38.4. The molecule has 278 valence electrons. The summed E-state index contributed by atoms with van der Waals surface area (Å²) in [6.45, 7) is 3.95. The Bertz CT molecular complexity index is 2020. The third-order valence-corrected chi connectivity index (χ3v) is 11.8. The Hall–Kier alpha value is -3.90. The van der Waals surface area contributed by atoms with E-state index in [-0.39, 0.29) is 23.5 Å². The molecule has 0 bridgehead atoms. The van der Waals surface area contributed by atoms with Gasteiger partial charge in [0.1, 0.15) is 5.76 Å². The van der Waals surface area contributed by atoms with Crippen LogP contribution in [0, 0.1) is 0 Å². The van der Waals surface area contributed by atoms with Crippen molar-refractivity contribution in [1.29, 1.82) is 0 Å². The molecule has 16 heteroatoms. The maximum absolute atomic E-state index is 12.0. The largest absolute Gasteiger partial charge is 0.507 e. The smallest absolute Gasteiger partial charge is 0.303 e. The average molecular weight is 773 g/mol. The number of aliphatic hydroxyl groups excluding tert-OH is 1. The molecule has 0 aromatic heterocycles. The molecular formula is C36H40N2O11S3. The lowest BCUT2D eigenvalue weighted by molar-refractivity contribution is -0.432. The minimum atomic E-state index is -4.48. The average Bonchev–Trinajstić information content (AvgIpc) is 3.52. The molecule has 3 aliphatic rings. The maximum atomic E-state index is 12.0. The minimum Gasteiger partial charge on any atom is -0.507 e. The highest BCUT2D eigenvalue weighted by Gasteiger charge is 2.43. The number of anilines is 1. The van der Waals surface area contributed by atoms with E-state index in [9.17, 15) is 27.7 Å². The van der Waals surface area contributed by atoms with Crippen LogP contribution in [0.3, 0.4) is 0 Å². The van der Waals surface area contributed by atoms with Crippen molar-refractivity contribution in [2.24, 2.45) is 4.99 Å². The van der Waals surface area contributed by atoms with E-state index in [1.165, 1.54) is 12.1 Å². The highest BCUT2D eigenvalue weighted by molar-refractivity contribution is 7.94. The van der Waals surface area contributed by atoms with E-state index in [1.54, 1.807) is 24.3 Å². The van der Waals surface area contributed by atoms with Crippen LogP contribution in [-0.4, -0.2) is 56.1 Å². The molecule has 2 aromatic rings. The molecule has 6 N–H and O–H groups in total. The van der Waals surface area contributed by atoms with Crippen LogP contribution in [0.2, 0.25) is 0 Å². The Kier molecular flexibility index (Phi) is 12.1. The van der Waals surface area contributed by atoms with E-state index in [4.69, 9.17) is 32.7 Å². The predicted molar refractivity (Wildman–Crippen MR) is 199 cm³/mol. The first-order valence-corrected chi connectivity index (χ1v) is 19.3. The highest BCUT2D eigenvalue weighted by Crippen LogP contribution is 2.50. The number of fused-ring (bicyclic) bond motifs is 2. The van der Waals surface area contributed by atoms with Gasteiger partial charge in [-0.1, -0.05) is 42.9 Å². The van der Waals surface area contributed by atoms with Crippen molar-refractivity contribution in [2.75, 3.05) is 5.32 Å². The van der Waals surface area contributed by atoms with Crippen LogP contribution >= 0.6 is 24.3 Å². The van der Waals surface area contributed by atoms with E-state index in [1.807, 2.05) is 26.0 Å². The molecule has 0 amide bonds. The number of rotatable bonds is 18. The number of carboxylic acids is 2. The molecule has 0 saturated carbocycles. The molecule has 5 rings (SSSR count). The van der Waals surface area contributed by atoms with Gasteiger partial charge in [0.15, 0.2) is 0 Å². The van der Waals surface area contributed by atoms with Crippen LogP contribution in [0.4, 0.5) is 11.4 Å². The minimum absolute atomic E-state index is 0.0371. The van der Waals surface area contributed by atoms with Gasteiger partial charge in [-0.3, -0.25) is 19.1 Å². The Balaban J connectivity index is 1.46. The number of thiocarbonyl (C=S) groups is 1. The van der Waals surface area contributed by atoms with Gasteiger partial charge in [-0.25, -0.2) is 5.26 Å². The zero-order valence-corrected chi connectivity index (χ0v) is 31.0. The third-order valence-electron chi connectivity index (χ3n) is 9.98. The monoisotopic (exact) mass is 772 g/mol. The fraction of sp³-hybridized carbons (Fsp3) is 0.389. The molecule has 52 heavy (non-hydrogen) atoms. The second-order valence-corrected chi connectivity index (χ2v) is 16.1. The molecule has 0 radical (unpaired) electrons. The van der Waals surface area contributed by atoms with Crippen molar-refractivity contribution in [1.82, 2.24) is 0 Å². The summed E-state index contributed by atoms with van der Waals surface area (Å²) in [6, 6.07) is 9.78. The van der Waals surface area contributed by atoms with E-state index >= 15 is 0 Å². The normalized spacial score (nSPS) is 22.3.